The molecule has 310 valence electrons. The predicted octanol–water partition coefficient (Wildman–Crippen LogP) is 2.26. The molecule has 0 aromatic heterocycles. The molecule has 0 spiro atoms. The first-order chi connectivity index (χ1) is 25.6. The number of amides is 1. The molecule has 2 rings (SSSR count). The molecule has 0 aromatic carbocycles. The molecule has 0 saturated carbocycles. The fourth-order valence-corrected chi connectivity index (χ4v) is 6.50. The number of aliphatic hydroxyl groups excluding tert-OH is 8. The number of allylic oxidation sites excluding steroid dienone is 4. The highest BCUT2D eigenvalue weighted by molar-refractivity contribution is 5.76. The van der Waals surface area contributed by atoms with Crippen LogP contribution in [0.1, 0.15) is 123 Å². The third-order valence-corrected chi connectivity index (χ3v) is 9.92. The first kappa shape index (κ1) is 47.6. The number of ether oxygens (including phenoxy) is 4. The Morgan fingerprint density at radius 1 is 0.679 bits per heavy atom. The molecule has 2 aliphatic heterocycles. The van der Waals surface area contributed by atoms with Crippen molar-refractivity contribution < 1.29 is 64.6 Å². The van der Waals surface area contributed by atoms with Gasteiger partial charge in [-0.3, -0.25) is 4.79 Å². The highest BCUT2D eigenvalue weighted by atomic mass is 16.7. The second kappa shape index (κ2) is 28.0. The maximum Gasteiger partial charge on any atom is 0.220 e. The molecule has 2 aliphatic rings. The minimum Gasteiger partial charge on any atom is -0.394 e. The Balaban J connectivity index is 1.84. The van der Waals surface area contributed by atoms with Gasteiger partial charge in [-0.25, -0.2) is 0 Å². The SMILES string of the molecule is CCCCC/C=C\C/C=C\CCCCCCCC(=O)NC(COC1OC(CO)C(OC2OC(CO)C(O)C(O)C2O)C(O)C1O)C(O)CCCCCC. The molecule has 1 amide bonds. The van der Waals surface area contributed by atoms with Gasteiger partial charge in [-0.2, -0.15) is 0 Å². The van der Waals surface area contributed by atoms with Crippen molar-refractivity contribution in [3.8, 4) is 0 Å². The summed E-state index contributed by atoms with van der Waals surface area (Å²) in [4.78, 5) is 12.9. The van der Waals surface area contributed by atoms with Crippen LogP contribution in [0.4, 0.5) is 0 Å². The molecule has 0 radical (unpaired) electrons. The van der Waals surface area contributed by atoms with Crippen LogP contribution >= 0.6 is 0 Å². The molecular formula is C39H71NO13. The predicted molar refractivity (Wildman–Crippen MR) is 198 cm³/mol. The average Bonchev–Trinajstić information content (AvgIpc) is 3.15. The number of nitrogens with one attached hydrogen (secondary N) is 1. The zero-order valence-corrected chi connectivity index (χ0v) is 32.0. The lowest BCUT2D eigenvalue weighted by Gasteiger charge is -2.46. The van der Waals surface area contributed by atoms with E-state index < -0.39 is 86.8 Å². The van der Waals surface area contributed by atoms with Gasteiger partial charge in [0, 0.05) is 6.42 Å². The van der Waals surface area contributed by atoms with E-state index in [0.29, 0.717) is 12.8 Å². The Labute approximate surface area is 316 Å². The molecule has 14 heteroatoms. The van der Waals surface area contributed by atoms with Gasteiger partial charge in [0.15, 0.2) is 12.6 Å². The van der Waals surface area contributed by atoms with E-state index in [0.717, 1.165) is 70.6 Å². The molecule has 53 heavy (non-hydrogen) atoms. The number of carbonyl (C=O) groups is 1. The number of unbranched alkanes of at least 4 members (excludes halogenated alkanes) is 11. The van der Waals surface area contributed by atoms with Gasteiger partial charge in [-0.15, -0.1) is 0 Å². The summed E-state index contributed by atoms with van der Waals surface area (Å²) in [5.74, 6) is -0.233. The summed E-state index contributed by atoms with van der Waals surface area (Å²) in [7, 11) is 0. The van der Waals surface area contributed by atoms with Gasteiger partial charge in [0.1, 0.15) is 48.8 Å². The van der Waals surface area contributed by atoms with Crippen LogP contribution in [-0.4, -0.2) is 140 Å². The monoisotopic (exact) mass is 761 g/mol. The second-order valence-electron chi connectivity index (χ2n) is 14.4. The van der Waals surface area contributed by atoms with Gasteiger partial charge in [-0.1, -0.05) is 95.9 Å². The third kappa shape index (κ3) is 17.4. The van der Waals surface area contributed by atoms with Gasteiger partial charge < -0.3 is 65.1 Å². The first-order valence-electron chi connectivity index (χ1n) is 20.1. The number of hydrogen-bond donors (Lipinski definition) is 9. The molecule has 14 nitrogen and oxygen atoms in total. The van der Waals surface area contributed by atoms with Crippen LogP contribution < -0.4 is 5.32 Å². The largest absolute Gasteiger partial charge is 0.394 e. The van der Waals surface area contributed by atoms with Crippen LogP contribution in [0.3, 0.4) is 0 Å². The fraction of sp³-hybridized carbons (Fsp3) is 0.872. The van der Waals surface area contributed by atoms with E-state index in [4.69, 9.17) is 18.9 Å². The Morgan fingerprint density at radius 3 is 1.91 bits per heavy atom. The van der Waals surface area contributed by atoms with E-state index >= 15 is 0 Å². The van der Waals surface area contributed by atoms with Crippen molar-refractivity contribution in [1.29, 1.82) is 0 Å². The molecule has 0 bridgehead atoms. The van der Waals surface area contributed by atoms with Gasteiger partial charge >= 0.3 is 0 Å². The van der Waals surface area contributed by atoms with Gasteiger partial charge in [0.05, 0.1) is 32.0 Å². The van der Waals surface area contributed by atoms with E-state index in [2.05, 4.69) is 43.5 Å². The minimum absolute atomic E-state index is 0.233. The highest BCUT2D eigenvalue weighted by Gasteiger charge is 2.50. The maximum absolute atomic E-state index is 12.9. The van der Waals surface area contributed by atoms with Crippen molar-refractivity contribution in [3.05, 3.63) is 24.3 Å². The molecule has 0 aliphatic carbocycles. The van der Waals surface area contributed by atoms with Crippen LogP contribution in [0, 0.1) is 0 Å². The standard InChI is InChI=1S/C39H71NO13/c1-3-5-7-9-10-11-12-13-14-15-16-17-18-19-21-23-31(44)40-27(28(43)22-20-8-6-4-2)26-50-38-36(49)34(47)37(30(25-42)52-38)53-39-35(48)33(46)32(45)29(24-41)51-39/h10-11,13-14,27-30,32-39,41-43,45-49H,3-9,12,15-26H2,1-2H3,(H,40,44)/b11-10-,14-13-. The van der Waals surface area contributed by atoms with E-state index in [-0.39, 0.29) is 18.9 Å². The van der Waals surface area contributed by atoms with Crippen LogP contribution in [0.15, 0.2) is 24.3 Å². The molecule has 12 atom stereocenters. The van der Waals surface area contributed by atoms with Gasteiger partial charge in [-0.05, 0) is 44.9 Å². The van der Waals surface area contributed by atoms with Gasteiger partial charge in [0.2, 0.25) is 5.91 Å². The second-order valence-corrected chi connectivity index (χ2v) is 14.4. The summed E-state index contributed by atoms with van der Waals surface area (Å²) in [5.41, 5.74) is 0. The Kier molecular flexibility index (Phi) is 25.1. The number of hydrogen-bond acceptors (Lipinski definition) is 13. The lowest BCUT2D eigenvalue weighted by Crippen LogP contribution is -2.65. The summed E-state index contributed by atoms with van der Waals surface area (Å²) >= 11 is 0. The van der Waals surface area contributed by atoms with Crippen molar-refractivity contribution in [1.82, 2.24) is 5.32 Å². The third-order valence-electron chi connectivity index (χ3n) is 9.92. The summed E-state index contributed by atoms with van der Waals surface area (Å²) in [5, 5.41) is 85.8. The molecule has 0 aromatic rings. The smallest absolute Gasteiger partial charge is 0.220 e. The normalized spacial score (nSPS) is 30.6. The topological polar surface area (TPSA) is 228 Å². The molecule has 2 saturated heterocycles. The summed E-state index contributed by atoms with van der Waals surface area (Å²) in [6, 6.07) is -0.828. The Bertz CT molecular complexity index is 998. The Hall–Kier alpha value is -1.53. The van der Waals surface area contributed by atoms with Crippen molar-refractivity contribution in [2.75, 3.05) is 19.8 Å². The molecular weight excluding hydrogens is 690 g/mol. The fourth-order valence-electron chi connectivity index (χ4n) is 6.50. The van der Waals surface area contributed by atoms with Crippen LogP contribution in [0.2, 0.25) is 0 Å². The van der Waals surface area contributed by atoms with Crippen molar-refractivity contribution >= 4 is 5.91 Å². The molecule has 2 fully saturated rings. The summed E-state index contributed by atoms with van der Waals surface area (Å²) < 4.78 is 22.5. The van der Waals surface area contributed by atoms with Crippen molar-refractivity contribution in [3.63, 3.8) is 0 Å². The number of rotatable bonds is 28. The lowest BCUT2D eigenvalue weighted by molar-refractivity contribution is -0.359. The molecule has 12 unspecified atom stereocenters. The van der Waals surface area contributed by atoms with Gasteiger partial charge in [0.25, 0.3) is 0 Å². The highest BCUT2D eigenvalue weighted by Crippen LogP contribution is 2.30. The van der Waals surface area contributed by atoms with Crippen molar-refractivity contribution in [2.24, 2.45) is 0 Å². The first-order valence-corrected chi connectivity index (χ1v) is 20.1. The van der Waals surface area contributed by atoms with Crippen molar-refractivity contribution in [2.45, 2.75) is 197 Å². The van der Waals surface area contributed by atoms with Crippen LogP contribution in [0.5, 0.6) is 0 Å². The number of aliphatic hydroxyl groups is 8. The molecule has 9 N–H and O–H groups in total. The van der Waals surface area contributed by atoms with Crippen LogP contribution in [0.25, 0.3) is 0 Å². The summed E-state index contributed by atoms with van der Waals surface area (Å²) in [6.07, 6.45) is 8.44. The average molecular weight is 762 g/mol. The zero-order valence-electron chi connectivity index (χ0n) is 32.0. The number of carbonyl (C=O) groups excluding carboxylic acids is 1. The maximum atomic E-state index is 12.9. The lowest BCUT2D eigenvalue weighted by atomic mass is 9.97. The van der Waals surface area contributed by atoms with E-state index in [1.54, 1.807) is 0 Å². The quantitative estimate of drug-likeness (QED) is 0.0413. The Morgan fingerprint density at radius 2 is 1.25 bits per heavy atom. The minimum atomic E-state index is -1.78. The summed E-state index contributed by atoms with van der Waals surface area (Å²) in [6.45, 7) is 2.63. The van der Waals surface area contributed by atoms with E-state index in [1.807, 2.05) is 0 Å². The molecule has 2 heterocycles. The van der Waals surface area contributed by atoms with E-state index in [9.17, 15) is 45.6 Å². The van der Waals surface area contributed by atoms with E-state index in [1.165, 1.54) is 19.3 Å². The van der Waals surface area contributed by atoms with Crippen LogP contribution in [-0.2, 0) is 23.7 Å². The zero-order chi connectivity index (χ0) is 39.0.